The zero-order valence-corrected chi connectivity index (χ0v) is 21.7. The smallest absolute Gasteiger partial charge is 0.261 e. The average Bonchev–Trinajstić information content (AvgIpc) is 2.82. The van der Waals surface area contributed by atoms with Crippen LogP contribution in [0.1, 0.15) is 32.8 Å². The third-order valence-corrected chi connectivity index (χ3v) is 5.83. The van der Waals surface area contributed by atoms with E-state index in [4.69, 9.17) is 37.4 Å². The molecule has 1 N–H and O–H groups in total. The highest BCUT2D eigenvalue weighted by Gasteiger charge is 2.29. The van der Waals surface area contributed by atoms with Gasteiger partial charge in [0.25, 0.3) is 5.91 Å². The summed E-state index contributed by atoms with van der Waals surface area (Å²) in [6, 6.07) is 9.48. The lowest BCUT2D eigenvalue weighted by Gasteiger charge is -2.31. The van der Waals surface area contributed by atoms with Crippen LogP contribution < -0.4 is 19.5 Å². The Bertz CT molecular complexity index is 962. The van der Waals surface area contributed by atoms with Crippen molar-refractivity contribution in [3.8, 4) is 17.2 Å². The van der Waals surface area contributed by atoms with Crippen LogP contribution in [0.5, 0.6) is 17.2 Å². The van der Waals surface area contributed by atoms with Crippen molar-refractivity contribution in [2.24, 2.45) is 5.92 Å². The van der Waals surface area contributed by atoms with Crippen LogP contribution in [0.4, 0.5) is 0 Å². The molecular formula is C25H32Cl2N2O5. The summed E-state index contributed by atoms with van der Waals surface area (Å²) >= 11 is 12.2. The van der Waals surface area contributed by atoms with Crippen molar-refractivity contribution in [2.75, 3.05) is 27.4 Å². The molecule has 0 unspecified atom stereocenters. The van der Waals surface area contributed by atoms with Gasteiger partial charge in [0.15, 0.2) is 6.61 Å². The molecule has 9 heteroatoms. The van der Waals surface area contributed by atoms with Gasteiger partial charge in [0, 0.05) is 31.3 Å². The SMILES string of the molecule is CC[C@@H](C(=O)NCC(C)C)N(Cc1ccc(Cl)c(Cl)c1)C(=O)COc1cc(OC)cc(OC)c1. The molecule has 0 radical (unpaired) electrons. The predicted molar refractivity (Wildman–Crippen MR) is 134 cm³/mol. The molecule has 2 amide bonds. The fourth-order valence-electron chi connectivity index (χ4n) is 3.27. The molecule has 0 bridgehead atoms. The first kappa shape index (κ1) is 27.6. The van der Waals surface area contributed by atoms with E-state index in [0.29, 0.717) is 40.3 Å². The molecule has 0 saturated carbocycles. The highest BCUT2D eigenvalue weighted by atomic mass is 35.5. The van der Waals surface area contributed by atoms with Crippen molar-refractivity contribution in [3.63, 3.8) is 0 Å². The monoisotopic (exact) mass is 510 g/mol. The van der Waals surface area contributed by atoms with Gasteiger partial charge in [-0.2, -0.15) is 0 Å². The summed E-state index contributed by atoms with van der Waals surface area (Å²) in [5.41, 5.74) is 0.751. The maximum atomic E-state index is 13.3. The molecule has 0 fully saturated rings. The highest BCUT2D eigenvalue weighted by molar-refractivity contribution is 6.42. The topological polar surface area (TPSA) is 77.1 Å². The third kappa shape index (κ3) is 7.99. The summed E-state index contributed by atoms with van der Waals surface area (Å²) in [5, 5.41) is 3.72. The van der Waals surface area contributed by atoms with Crippen molar-refractivity contribution in [1.29, 1.82) is 0 Å². The molecule has 7 nitrogen and oxygen atoms in total. The van der Waals surface area contributed by atoms with Gasteiger partial charge in [0.2, 0.25) is 5.91 Å². The summed E-state index contributed by atoms with van der Waals surface area (Å²) in [6.07, 6.45) is 0.434. The largest absolute Gasteiger partial charge is 0.496 e. The van der Waals surface area contributed by atoms with Gasteiger partial charge in [-0.25, -0.2) is 0 Å². The van der Waals surface area contributed by atoms with E-state index in [2.05, 4.69) is 5.32 Å². The minimum atomic E-state index is -0.677. The van der Waals surface area contributed by atoms with Crippen LogP contribution in [-0.4, -0.2) is 50.1 Å². The number of nitrogens with zero attached hydrogens (tertiary/aromatic N) is 1. The van der Waals surface area contributed by atoms with E-state index in [1.807, 2.05) is 20.8 Å². The van der Waals surface area contributed by atoms with Gasteiger partial charge in [-0.15, -0.1) is 0 Å². The number of rotatable bonds is 12. The Morgan fingerprint density at radius 2 is 1.59 bits per heavy atom. The van der Waals surface area contributed by atoms with Crippen molar-refractivity contribution in [2.45, 2.75) is 39.8 Å². The Morgan fingerprint density at radius 1 is 0.971 bits per heavy atom. The number of nitrogens with one attached hydrogen (secondary N) is 1. The Labute approximate surface area is 211 Å². The molecule has 0 spiro atoms. The quantitative estimate of drug-likeness (QED) is 0.436. The predicted octanol–water partition coefficient (Wildman–Crippen LogP) is 4.97. The molecule has 0 heterocycles. The van der Waals surface area contributed by atoms with E-state index in [1.54, 1.807) is 36.4 Å². The first-order valence-corrected chi connectivity index (χ1v) is 11.8. The van der Waals surface area contributed by atoms with Crippen LogP contribution in [0.25, 0.3) is 0 Å². The molecule has 0 saturated heterocycles. The molecule has 1 atom stereocenters. The van der Waals surface area contributed by atoms with Crippen LogP contribution in [0, 0.1) is 5.92 Å². The van der Waals surface area contributed by atoms with Gasteiger partial charge in [-0.3, -0.25) is 9.59 Å². The number of methoxy groups -OCH3 is 2. The standard InChI is InChI=1S/C25H32Cl2N2O5/c1-6-23(25(31)28-13-16(2)3)29(14-17-7-8-21(26)22(27)9-17)24(30)15-34-20-11-18(32-4)10-19(12-20)33-5/h7-12,16,23H,6,13-15H2,1-5H3,(H,28,31)/t23-/m0/s1. The van der Waals surface area contributed by atoms with Crippen LogP contribution in [0.15, 0.2) is 36.4 Å². The summed E-state index contributed by atoms with van der Waals surface area (Å²) in [6.45, 7) is 6.30. The highest BCUT2D eigenvalue weighted by Crippen LogP contribution is 2.28. The molecule has 0 aliphatic heterocycles. The maximum Gasteiger partial charge on any atom is 0.261 e. The summed E-state index contributed by atoms with van der Waals surface area (Å²) in [7, 11) is 3.06. The zero-order valence-electron chi connectivity index (χ0n) is 20.2. The number of carbonyl (C=O) groups is 2. The fourth-order valence-corrected chi connectivity index (χ4v) is 3.59. The molecular weight excluding hydrogens is 479 g/mol. The minimum absolute atomic E-state index is 0.175. The lowest BCUT2D eigenvalue weighted by molar-refractivity contribution is -0.143. The molecule has 2 aromatic rings. The number of halogens is 2. The summed E-state index contributed by atoms with van der Waals surface area (Å²) in [4.78, 5) is 27.8. The normalized spacial score (nSPS) is 11.6. The van der Waals surface area contributed by atoms with Gasteiger partial charge < -0.3 is 24.4 Å². The Kier molecular flexibility index (Phi) is 10.8. The number of hydrogen-bond donors (Lipinski definition) is 1. The van der Waals surface area contributed by atoms with E-state index in [9.17, 15) is 9.59 Å². The molecule has 2 aromatic carbocycles. The van der Waals surface area contributed by atoms with Crippen molar-refractivity contribution in [3.05, 3.63) is 52.0 Å². The molecule has 186 valence electrons. The maximum absolute atomic E-state index is 13.3. The minimum Gasteiger partial charge on any atom is -0.496 e. The Hall–Kier alpha value is -2.64. The number of carbonyl (C=O) groups excluding carboxylic acids is 2. The van der Waals surface area contributed by atoms with Crippen LogP contribution >= 0.6 is 23.2 Å². The van der Waals surface area contributed by atoms with Crippen molar-refractivity contribution >= 4 is 35.0 Å². The third-order valence-electron chi connectivity index (χ3n) is 5.09. The number of benzene rings is 2. The fraction of sp³-hybridized carbons (Fsp3) is 0.440. The Morgan fingerprint density at radius 3 is 2.12 bits per heavy atom. The van der Waals surface area contributed by atoms with E-state index in [1.165, 1.54) is 19.1 Å². The van der Waals surface area contributed by atoms with E-state index >= 15 is 0 Å². The van der Waals surface area contributed by atoms with E-state index in [-0.39, 0.29) is 30.9 Å². The second kappa shape index (κ2) is 13.3. The van der Waals surface area contributed by atoms with Gasteiger partial charge in [0.05, 0.1) is 24.3 Å². The molecule has 2 rings (SSSR count). The first-order chi connectivity index (χ1) is 16.2. The van der Waals surface area contributed by atoms with Gasteiger partial charge >= 0.3 is 0 Å². The van der Waals surface area contributed by atoms with Gasteiger partial charge in [0.1, 0.15) is 23.3 Å². The average molecular weight is 511 g/mol. The molecule has 0 aromatic heterocycles. The first-order valence-electron chi connectivity index (χ1n) is 11.0. The van der Waals surface area contributed by atoms with Crippen LogP contribution in [0.2, 0.25) is 10.0 Å². The molecule has 0 aliphatic rings. The Balaban J connectivity index is 2.26. The number of ether oxygens (including phenoxy) is 3. The van der Waals surface area contributed by atoms with Crippen molar-refractivity contribution < 1.29 is 23.8 Å². The van der Waals surface area contributed by atoms with Gasteiger partial charge in [-0.1, -0.05) is 50.0 Å². The second-order valence-electron chi connectivity index (χ2n) is 8.17. The van der Waals surface area contributed by atoms with Crippen molar-refractivity contribution in [1.82, 2.24) is 10.2 Å². The van der Waals surface area contributed by atoms with Gasteiger partial charge in [-0.05, 0) is 30.0 Å². The molecule has 34 heavy (non-hydrogen) atoms. The number of amides is 2. The summed E-state index contributed by atoms with van der Waals surface area (Å²) in [5.74, 6) is 1.21. The lowest BCUT2D eigenvalue weighted by atomic mass is 10.1. The summed E-state index contributed by atoms with van der Waals surface area (Å²) < 4.78 is 16.3. The lowest BCUT2D eigenvalue weighted by Crippen LogP contribution is -2.50. The second-order valence-corrected chi connectivity index (χ2v) is 8.98. The molecule has 0 aliphatic carbocycles. The van der Waals surface area contributed by atoms with Crippen LogP contribution in [0.3, 0.4) is 0 Å². The number of hydrogen-bond acceptors (Lipinski definition) is 5. The van der Waals surface area contributed by atoms with E-state index in [0.717, 1.165) is 5.56 Å². The zero-order chi connectivity index (χ0) is 25.3. The van der Waals surface area contributed by atoms with E-state index < -0.39 is 6.04 Å². The van der Waals surface area contributed by atoms with Crippen LogP contribution in [-0.2, 0) is 16.1 Å².